The molecule has 0 aliphatic heterocycles. The van der Waals surface area contributed by atoms with Crippen molar-refractivity contribution in [1.29, 1.82) is 0 Å². The zero-order valence-corrected chi connectivity index (χ0v) is 8.41. The summed E-state index contributed by atoms with van der Waals surface area (Å²) < 4.78 is 0. The molecule has 3 rings (SSSR count). The molecule has 0 fully saturated rings. The lowest BCUT2D eigenvalue weighted by atomic mass is 10.1. The number of fused-ring (bicyclic) bond motifs is 3. The molecule has 0 saturated heterocycles. The Morgan fingerprint density at radius 1 is 1.13 bits per heavy atom. The van der Waals surface area contributed by atoms with Crippen molar-refractivity contribution < 1.29 is 0 Å². The Morgan fingerprint density at radius 3 is 2.80 bits per heavy atom. The molecule has 0 atom stereocenters. The van der Waals surface area contributed by atoms with Crippen molar-refractivity contribution in [3.05, 3.63) is 36.0 Å². The van der Waals surface area contributed by atoms with Crippen molar-refractivity contribution in [3.63, 3.8) is 0 Å². The van der Waals surface area contributed by atoms with Gasteiger partial charge in [0.05, 0.1) is 11.7 Å². The van der Waals surface area contributed by atoms with E-state index in [4.69, 9.17) is 5.73 Å². The topological polar surface area (TPSA) is 54.7 Å². The van der Waals surface area contributed by atoms with Crippen LogP contribution >= 0.6 is 0 Å². The van der Waals surface area contributed by atoms with Crippen molar-refractivity contribution in [2.75, 3.05) is 5.73 Å². The van der Waals surface area contributed by atoms with E-state index in [0.717, 1.165) is 16.4 Å². The molecule has 3 heteroatoms. The third-order valence-corrected chi connectivity index (χ3v) is 2.66. The first kappa shape index (κ1) is 8.29. The van der Waals surface area contributed by atoms with Gasteiger partial charge in [0.15, 0.2) is 0 Å². The summed E-state index contributed by atoms with van der Waals surface area (Å²) in [7, 11) is 0. The standard InChI is InChI=1S/C12H11N3/c1-7-2-3-10-8(4-7)9-5-12(13)14-6-11(9)15-10/h2-6,15H,1H3,(H2,13,14). The largest absolute Gasteiger partial charge is 0.384 e. The molecule has 2 aromatic heterocycles. The maximum atomic E-state index is 5.69. The monoisotopic (exact) mass is 197 g/mol. The van der Waals surface area contributed by atoms with Crippen LogP contribution in [0.5, 0.6) is 0 Å². The molecule has 0 saturated carbocycles. The molecule has 0 aliphatic rings. The van der Waals surface area contributed by atoms with Gasteiger partial charge in [-0.2, -0.15) is 0 Å². The molecule has 74 valence electrons. The number of pyridine rings is 1. The summed E-state index contributed by atoms with van der Waals surface area (Å²) in [6.45, 7) is 2.09. The van der Waals surface area contributed by atoms with Crippen molar-refractivity contribution in [3.8, 4) is 0 Å². The first-order chi connectivity index (χ1) is 7.24. The Hall–Kier alpha value is -2.03. The number of benzene rings is 1. The highest BCUT2D eigenvalue weighted by molar-refractivity contribution is 6.07. The van der Waals surface area contributed by atoms with Crippen molar-refractivity contribution >= 4 is 27.6 Å². The van der Waals surface area contributed by atoms with Crippen LogP contribution in [0, 0.1) is 6.92 Å². The van der Waals surface area contributed by atoms with Crippen LogP contribution < -0.4 is 5.73 Å². The van der Waals surface area contributed by atoms with Crippen molar-refractivity contribution in [2.24, 2.45) is 0 Å². The van der Waals surface area contributed by atoms with Gasteiger partial charge in [-0.25, -0.2) is 4.98 Å². The molecule has 0 spiro atoms. The Balaban J connectivity index is 2.55. The molecule has 3 N–H and O–H groups in total. The molecule has 0 bridgehead atoms. The first-order valence-corrected chi connectivity index (χ1v) is 4.87. The second kappa shape index (κ2) is 2.73. The fourth-order valence-electron chi connectivity index (χ4n) is 1.93. The minimum Gasteiger partial charge on any atom is -0.384 e. The predicted molar refractivity (Wildman–Crippen MR) is 62.7 cm³/mol. The molecule has 1 aromatic carbocycles. The highest BCUT2D eigenvalue weighted by atomic mass is 14.8. The second-order valence-corrected chi connectivity index (χ2v) is 3.83. The number of aromatic amines is 1. The van der Waals surface area contributed by atoms with Gasteiger partial charge >= 0.3 is 0 Å². The lowest BCUT2D eigenvalue weighted by molar-refractivity contribution is 1.35. The molecule has 0 aliphatic carbocycles. The van der Waals surface area contributed by atoms with E-state index in [2.05, 4.69) is 35.1 Å². The third-order valence-electron chi connectivity index (χ3n) is 2.66. The average Bonchev–Trinajstić information content (AvgIpc) is 2.56. The van der Waals surface area contributed by atoms with Crippen LogP contribution in [-0.4, -0.2) is 9.97 Å². The fourth-order valence-corrected chi connectivity index (χ4v) is 1.93. The molecule has 3 nitrogen and oxygen atoms in total. The van der Waals surface area contributed by atoms with Crippen molar-refractivity contribution in [2.45, 2.75) is 6.92 Å². The highest BCUT2D eigenvalue weighted by Gasteiger charge is 2.04. The number of H-pyrrole nitrogens is 1. The lowest BCUT2D eigenvalue weighted by Crippen LogP contribution is -1.87. The van der Waals surface area contributed by atoms with Gasteiger partial charge < -0.3 is 10.7 Å². The summed E-state index contributed by atoms with van der Waals surface area (Å²) in [6, 6.07) is 8.25. The summed E-state index contributed by atoms with van der Waals surface area (Å²) in [5.41, 5.74) is 9.10. The molecular weight excluding hydrogens is 186 g/mol. The molecule has 2 heterocycles. The normalized spacial score (nSPS) is 11.3. The Bertz CT molecular complexity index is 596. The number of anilines is 1. The van der Waals surface area contributed by atoms with E-state index in [0.29, 0.717) is 5.82 Å². The summed E-state index contributed by atoms with van der Waals surface area (Å²) in [5.74, 6) is 0.560. The number of aryl methyl sites for hydroxylation is 1. The quantitative estimate of drug-likeness (QED) is 0.582. The third kappa shape index (κ3) is 1.16. The fraction of sp³-hybridized carbons (Fsp3) is 0.0833. The van der Waals surface area contributed by atoms with E-state index in [1.165, 1.54) is 10.9 Å². The van der Waals surface area contributed by atoms with E-state index in [-0.39, 0.29) is 0 Å². The van der Waals surface area contributed by atoms with E-state index in [1.807, 2.05) is 6.07 Å². The minimum absolute atomic E-state index is 0.560. The molecule has 0 radical (unpaired) electrons. The van der Waals surface area contributed by atoms with Gasteiger partial charge in [-0.05, 0) is 25.1 Å². The van der Waals surface area contributed by atoms with Gasteiger partial charge in [0, 0.05) is 16.3 Å². The molecule has 0 amide bonds. The van der Waals surface area contributed by atoms with Gasteiger partial charge in [-0.3, -0.25) is 0 Å². The Labute approximate surface area is 86.9 Å². The predicted octanol–water partition coefficient (Wildman–Crippen LogP) is 2.61. The maximum Gasteiger partial charge on any atom is 0.124 e. The number of nitrogens with one attached hydrogen (secondary N) is 1. The van der Waals surface area contributed by atoms with Crippen molar-refractivity contribution in [1.82, 2.24) is 9.97 Å². The maximum absolute atomic E-state index is 5.69. The second-order valence-electron chi connectivity index (χ2n) is 3.83. The van der Waals surface area contributed by atoms with Crippen LogP contribution in [0.15, 0.2) is 30.5 Å². The van der Waals surface area contributed by atoms with Gasteiger partial charge in [-0.15, -0.1) is 0 Å². The number of nitrogens with zero attached hydrogens (tertiary/aromatic N) is 1. The number of hydrogen-bond donors (Lipinski definition) is 2. The van der Waals surface area contributed by atoms with Gasteiger partial charge in [0.25, 0.3) is 0 Å². The van der Waals surface area contributed by atoms with Crippen LogP contribution in [0.1, 0.15) is 5.56 Å². The van der Waals surface area contributed by atoms with Gasteiger partial charge in [-0.1, -0.05) is 11.6 Å². The summed E-state index contributed by atoms with van der Waals surface area (Å²) in [4.78, 5) is 7.39. The smallest absolute Gasteiger partial charge is 0.124 e. The van der Waals surface area contributed by atoms with Crippen LogP contribution in [0.4, 0.5) is 5.82 Å². The lowest BCUT2D eigenvalue weighted by Gasteiger charge is -1.94. The molecule has 3 aromatic rings. The molecular formula is C12H11N3. The zero-order chi connectivity index (χ0) is 10.4. The van der Waals surface area contributed by atoms with Crippen LogP contribution in [0.25, 0.3) is 21.8 Å². The van der Waals surface area contributed by atoms with Crippen LogP contribution in [0.3, 0.4) is 0 Å². The number of rotatable bonds is 0. The number of nitrogen functional groups attached to an aromatic ring is 1. The van der Waals surface area contributed by atoms with Crippen LogP contribution in [0.2, 0.25) is 0 Å². The first-order valence-electron chi connectivity index (χ1n) is 4.87. The highest BCUT2D eigenvalue weighted by Crippen LogP contribution is 2.26. The van der Waals surface area contributed by atoms with E-state index >= 15 is 0 Å². The Kier molecular flexibility index (Phi) is 1.51. The van der Waals surface area contributed by atoms with Gasteiger partial charge in [0.2, 0.25) is 0 Å². The average molecular weight is 197 g/mol. The Morgan fingerprint density at radius 2 is 1.93 bits per heavy atom. The van der Waals surface area contributed by atoms with E-state index in [9.17, 15) is 0 Å². The summed E-state index contributed by atoms with van der Waals surface area (Å²) in [5, 5.41) is 2.35. The number of aromatic nitrogens is 2. The zero-order valence-electron chi connectivity index (χ0n) is 8.41. The van der Waals surface area contributed by atoms with E-state index < -0.39 is 0 Å². The minimum atomic E-state index is 0.560. The van der Waals surface area contributed by atoms with Gasteiger partial charge in [0.1, 0.15) is 5.82 Å². The number of nitrogens with two attached hydrogens (primary N) is 1. The summed E-state index contributed by atoms with van der Waals surface area (Å²) in [6.07, 6.45) is 1.78. The molecule has 0 unspecified atom stereocenters. The van der Waals surface area contributed by atoms with Crippen LogP contribution in [-0.2, 0) is 0 Å². The summed E-state index contributed by atoms with van der Waals surface area (Å²) >= 11 is 0. The SMILES string of the molecule is Cc1ccc2[nH]c3cnc(N)cc3c2c1. The van der Waals surface area contributed by atoms with E-state index in [1.54, 1.807) is 6.20 Å². The number of hydrogen-bond acceptors (Lipinski definition) is 2. The molecule has 15 heavy (non-hydrogen) atoms.